The zero-order valence-corrected chi connectivity index (χ0v) is 10.7. The highest BCUT2D eigenvalue weighted by atomic mass is 35.5. The molecule has 2 aromatic rings. The van der Waals surface area contributed by atoms with Crippen molar-refractivity contribution in [3.05, 3.63) is 47.1 Å². The van der Waals surface area contributed by atoms with Crippen molar-refractivity contribution in [2.24, 2.45) is 0 Å². The first kappa shape index (κ1) is 13.2. The minimum absolute atomic E-state index is 0.0821. The van der Waals surface area contributed by atoms with Crippen LogP contribution < -0.4 is 10.6 Å². The first-order valence-electron chi connectivity index (χ1n) is 5.38. The molecule has 19 heavy (non-hydrogen) atoms. The molecule has 0 aliphatic carbocycles. The van der Waals surface area contributed by atoms with Crippen LogP contribution in [0.5, 0.6) is 0 Å². The molecule has 5 nitrogen and oxygen atoms in total. The lowest BCUT2D eigenvalue weighted by atomic mass is 10.1. The Labute approximate surface area is 113 Å². The molecule has 0 saturated carbocycles. The van der Waals surface area contributed by atoms with Gasteiger partial charge in [-0.05, 0) is 23.7 Å². The second kappa shape index (κ2) is 5.62. The van der Waals surface area contributed by atoms with Crippen molar-refractivity contribution in [1.82, 2.24) is 15.3 Å². The lowest BCUT2D eigenvalue weighted by molar-refractivity contribution is 0.0964. The van der Waals surface area contributed by atoms with Gasteiger partial charge in [0.1, 0.15) is 0 Å². The second-order valence-electron chi connectivity index (χ2n) is 3.59. The number of para-hydroxylation sites is 1. The topological polar surface area (TPSA) is 66.9 Å². The van der Waals surface area contributed by atoms with E-state index >= 15 is 0 Å². The van der Waals surface area contributed by atoms with E-state index in [-0.39, 0.29) is 17.0 Å². The Bertz CT molecular complexity index is 620. The lowest BCUT2D eigenvalue weighted by Gasteiger charge is -2.10. The van der Waals surface area contributed by atoms with Crippen LogP contribution in [0.1, 0.15) is 10.4 Å². The van der Waals surface area contributed by atoms with E-state index in [4.69, 9.17) is 11.6 Å². The highest BCUT2D eigenvalue weighted by Crippen LogP contribution is 2.22. The van der Waals surface area contributed by atoms with Crippen LogP contribution in [-0.4, -0.2) is 22.9 Å². The Hall–Kier alpha value is -2.21. The monoisotopic (exact) mass is 280 g/mol. The summed E-state index contributed by atoms with van der Waals surface area (Å²) in [4.78, 5) is 18.9. The Morgan fingerprint density at radius 2 is 2.11 bits per heavy atom. The van der Waals surface area contributed by atoms with Gasteiger partial charge in [-0.1, -0.05) is 12.1 Å². The number of hydrogen-bond donors (Lipinski definition) is 2. The van der Waals surface area contributed by atoms with E-state index in [0.29, 0.717) is 11.3 Å². The maximum Gasteiger partial charge on any atom is 0.253 e. The highest BCUT2D eigenvalue weighted by molar-refractivity contribution is 6.28. The van der Waals surface area contributed by atoms with Gasteiger partial charge in [0.05, 0.1) is 17.4 Å². The molecule has 98 valence electrons. The van der Waals surface area contributed by atoms with E-state index in [0.717, 1.165) is 6.20 Å². The quantitative estimate of drug-likeness (QED) is 0.847. The number of amides is 1. The van der Waals surface area contributed by atoms with E-state index in [1.807, 2.05) is 0 Å². The van der Waals surface area contributed by atoms with Gasteiger partial charge < -0.3 is 10.6 Å². The number of nitrogens with one attached hydrogen (secondary N) is 2. The molecule has 1 amide bonds. The van der Waals surface area contributed by atoms with Gasteiger partial charge in [-0.15, -0.1) is 0 Å². The Morgan fingerprint density at radius 1 is 1.37 bits per heavy atom. The molecule has 2 rings (SSSR count). The summed E-state index contributed by atoms with van der Waals surface area (Å²) in [6.45, 7) is 0. The number of hydrogen-bond acceptors (Lipinski definition) is 4. The number of nitrogens with zero attached hydrogens (tertiary/aromatic N) is 2. The van der Waals surface area contributed by atoms with E-state index < -0.39 is 5.82 Å². The third kappa shape index (κ3) is 2.97. The van der Waals surface area contributed by atoms with E-state index in [1.54, 1.807) is 24.3 Å². The largest absolute Gasteiger partial charge is 0.355 e. The van der Waals surface area contributed by atoms with Crippen LogP contribution in [-0.2, 0) is 0 Å². The molecule has 1 aromatic heterocycles. The molecule has 0 bridgehead atoms. The van der Waals surface area contributed by atoms with E-state index in [9.17, 15) is 9.18 Å². The number of aromatic nitrogens is 2. The molecule has 0 atom stereocenters. The molecular weight excluding hydrogens is 271 g/mol. The standard InChI is InChI=1S/C12H10ClFN4O/c1-15-11(19)7-4-2-3-5-9(7)17-10-8(14)6-16-12(13)18-10/h2-6H,1H3,(H,15,19)(H,16,17,18). The predicted octanol–water partition coefficient (Wildman–Crippen LogP) is 2.37. The first-order valence-corrected chi connectivity index (χ1v) is 5.76. The van der Waals surface area contributed by atoms with Crippen molar-refractivity contribution in [2.75, 3.05) is 12.4 Å². The summed E-state index contributed by atoms with van der Waals surface area (Å²) in [5, 5.41) is 5.15. The lowest BCUT2D eigenvalue weighted by Crippen LogP contribution is -2.19. The molecule has 2 N–H and O–H groups in total. The van der Waals surface area contributed by atoms with Gasteiger partial charge in [-0.2, -0.15) is 4.98 Å². The predicted molar refractivity (Wildman–Crippen MR) is 70.1 cm³/mol. The Balaban J connectivity index is 2.38. The van der Waals surface area contributed by atoms with Gasteiger partial charge in [0.15, 0.2) is 11.6 Å². The fraction of sp³-hybridized carbons (Fsp3) is 0.0833. The van der Waals surface area contributed by atoms with E-state index in [1.165, 1.54) is 7.05 Å². The minimum atomic E-state index is -0.656. The number of halogens is 2. The molecule has 0 unspecified atom stereocenters. The number of benzene rings is 1. The molecule has 0 radical (unpaired) electrons. The first-order chi connectivity index (χ1) is 9.11. The SMILES string of the molecule is CNC(=O)c1ccccc1Nc1nc(Cl)ncc1F. The van der Waals surface area contributed by atoms with Crippen molar-refractivity contribution < 1.29 is 9.18 Å². The Morgan fingerprint density at radius 3 is 2.84 bits per heavy atom. The highest BCUT2D eigenvalue weighted by Gasteiger charge is 2.12. The van der Waals surface area contributed by atoms with Crippen LogP contribution in [0.4, 0.5) is 15.9 Å². The van der Waals surface area contributed by atoms with Gasteiger partial charge in [0, 0.05) is 7.05 Å². The summed E-state index contributed by atoms with van der Waals surface area (Å²) >= 11 is 5.60. The van der Waals surface area contributed by atoms with Gasteiger partial charge in [0.2, 0.25) is 5.28 Å². The fourth-order valence-electron chi connectivity index (χ4n) is 1.49. The maximum absolute atomic E-state index is 13.5. The van der Waals surface area contributed by atoms with Crippen molar-refractivity contribution >= 4 is 29.0 Å². The van der Waals surface area contributed by atoms with Gasteiger partial charge in [-0.25, -0.2) is 9.37 Å². The van der Waals surface area contributed by atoms with Crippen molar-refractivity contribution in [1.29, 1.82) is 0 Å². The van der Waals surface area contributed by atoms with Gasteiger partial charge in [0.25, 0.3) is 5.91 Å². The summed E-state index contributed by atoms with van der Waals surface area (Å²) in [5.74, 6) is -1.03. The summed E-state index contributed by atoms with van der Waals surface area (Å²) in [6, 6.07) is 6.68. The van der Waals surface area contributed by atoms with Crippen LogP contribution >= 0.6 is 11.6 Å². The normalized spacial score (nSPS) is 10.1. The number of anilines is 2. The zero-order valence-electron chi connectivity index (χ0n) is 9.95. The molecule has 0 fully saturated rings. The average molecular weight is 281 g/mol. The van der Waals surface area contributed by atoms with Crippen LogP contribution in [0.3, 0.4) is 0 Å². The van der Waals surface area contributed by atoms with Crippen LogP contribution in [0.25, 0.3) is 0 Å². The Kier molecular flexibility index (Phi) is 3.91. The summed E-state index contributed by atoms with van der Waals surface area (Å²) in [6.07, 6.45) is 0.959. The zero-order chi connectivity index (χ0) is 13.8. The molecule has 0 aliphatic heterocycles. The van der Waals surface area contributed by atoms with Crippen molar-refractivity contribution in [3.8, 4) is 0 Å². The molecule has 0 aliphatic rings. The van der Waals surface area contributed by atoms with Crippen LogP contribution in [0.15, 0.2) is 30.5 Å². The fourth-order valence-corrected chi connectivity index (χ4v) is 1.62. The number of carbonyl (C=O) groups excluding carboxylic acids is 1. The third-order valence-electron chi connectivity index (χ3n) is 2.37. The van der Waals surface area contributed by atoms with Crippen molar-refractivity contribution in [3.63, 3.8) is 0 Å². The van der Waals surface area contributed by atoms with Crippen molar-refractivity contribution in [2.45, 2.75) is 0 Å². The average Bonchev–Trinajstić information content (AvgIpc) is 2.42. The summed E-state index contributed by atoms with van der Waals surface area (Å²) in [7, 11) is 1.52. The molecule has 0 spiro atoms. The van der Waals surface area contributed by atoms with Crippen LogP contribution in [0, 0.1) is 5.82 Å². The summed E-state index contributed by atoms with van der Waals surface area (Å²) in [5.41, 5.74) is 0.801. The second-order valence-corrected chi connectivity index (χ2v) is 3.92. The minimum Gasteiger partial charge on any atom is -0.355 e. The maximum atomic E-state index is 13.5. The molecule has 7 heteroatoms. The smallest absolute Gasteiger partial charge is 0.253 e. The van der Waals surface area contributed by atoms with E-state index in [2.05, 4.69) is 20.6 Å². The third-order valence-corrected chi connectivity index (χ3v) is 2.55. The van der Waals surface area contributed by atoms with Crippen LogP contribution in [0.2, 0.25) is 5.28 Å². The van der Waals surface area contributed by atoms with Gasteiger partial charge >= 0.3 is 0 Å². The number of carbonyl (C=O) groups is 1. The molecule has 1 aromatic carbocycles. The molecular formula is C12H10ClFN4O. The summed E-state index contributed by atoms with van der Waals surface area (Å²) < 4.78 is 13.5. The molecule has 1 heterocycles. The van der Waals surface area contributed by atoms with Gasteiger partial charge in [-0.3, -0.25) is 4.79 Å². The molecule has 0 saturated heterocycles. The number of rotatable bonds is 3.